The minimum absolute atomic E-state index is 0.0241. The second-order valence-corrected chi connectivity index (χ2v) is 9.93. The fourth-order valence-electron chi connectivity index (χ4n) is 3.18. The Morgan fingerprint density at radius 2 is 1.95 bits per heavy atom. The van der Waals surface area contributed by atoms with Crippen molar-refractivity contribution in [1.82, 2.24) is 19.7 Å². The molecular formula is C26H39N6O5P. The third-order valence-corrected chi connectivity index (χ3v) is 5.66. The lowest BCUT2D eigenvalue weighted by Crippen LogP contribution is -2.31. The van der Waals surface area contributed by atoms with Crippen LogP contribution in [-0.4, -0.2) is 56.1 Å². The lowest BCUT2D eigenvalue weighted by Gasteiger charge is -2.19. The molecule has 11 nitrogen and oxygen atoms in total. The van der Waals surface area contributed by atoms with Crippen molar-refractivity contribution in [2.24, 2.45) is 5.41 Å². The molecule has 1 saturated heterocycles. The molecule has 5 N–H and O–H groups in total. The summed E-state index contributed by atoms with van der Waals surface area (Å²) >= 11 is 0. The van der Waals surface area contributed by atoms with E-state index in [0.29, 0.717) is 18.2 Å². The number of phenolic OH excluding ortho intramolecular Hbond substituents is 1. The van der Waals surface area contributed by atoms with E-state index in [2.05, 4.69) is 31.1 Å². The summed E-state index contributed by atoms with van der Waals surface area (Å²) < 4.78 is 12.5. The van der Waals surface area contributed by atoms with Crippen LogP contribution in [-0.2, 0) is 14.3 Å². The molecule has 4 unspecified atom stereocenters. The van der Waals surface area contributed by atoms with Crippen LogP contribution in [0.5, 0.6) is 5.75 Å². The highest BCUT2D eigenvalue weighted by molar-refractivity contribution is 7.13. The topological polar surface area (TPSA) is 168 Å². The number of hydrogen-bond acceptors (Lipinski definition) is 10. The molecule has 2 aromatic heterocycles. The number of nitrogen functional groups attached to an aromatic ring is 1. The van der Waals surface area contributed by atoms with Crippen LogP contribution in [0.25, 0.3) is 5.52 Å². The largest absolute Gasteiger partial charge is 0.508 e. The first-order valence-corrected chi connectivity index (χ1v) is 12.6. The van der Waals surface area contributed by atoms with Crippen molar-refractivity contribution in [2.45, 2.75) is 58.8 Å². The quantitative estimate of drug-likeness (QED) is 0.275. The maximum Gasteiger partial charge on any atom is 0.323 e. The molecule has 1 aliphatic heterocycles. The van der Waals surface area contributed by atoms with Gasteiger partial charge in [-0.1, -0.05) is 48.4 Å². The zero-order valence-electron chi connectivity index (χ0n) is 22.3. The van der Waals surface area contributed by atoms with Crippen molar-refractivity contribution < 1.29 is 24.5 Å². The van der Waals surface area contributed by atoms with Crippen LogP contribution in [0, 0.1) is 17.2 Å². The molecule has 1 aliphatic rings. The highest BCUT2D eigenvalue weighted by atomic mass is 31.0. The normalized spacial score (nSPS) is 17.1. The first kappa shape index (κ1) is 32.7. The number of anilines is 1. The number of nitrogens with two attached hydrogens (primary N) is 1. The van der Waals surface area contributed by atoms with Gasteiger partial charge in [-0.2, -0.15) is 5.10 Å². The van der Waals surface area contributed by atoms with E-state index < -0.39 is 0 Å². The third kappa shape index (κ3) is 11.0. The predicted octanol–water partition coefficient (Wildman–Crippen LogP) is 3.40. The standard InChI is InChI=1S/C11H14N4O2.C8H18NO2P.C6H6O.CHN/c12-11-9-3-2-8(15(9)14-6-13-11)10-4-1-7(5-16)17-10;1-6(9-12)7(10)11-5-8(2,3)4;7-6-4-2-1-3-5-6;1-2/h2-3,6-7,10,16H,1,4-5H2,(H2,12,13,14);6,9H,5,12H2,1-4H3;1-5,7H;1H. The zero-order valence-corrected chi connectivity index (χ0v) is 23.5. The number of aliphatic hydroxyl groups excluding tert-OH is 1. The molecule has 1 aromatic carbocycles. The number of carbonyl (C=O) groups excluding carboxylic acids is 1. The fourth-order valence-corrected chi connectivity index (χ4v) is 3.32. The molecule has 0 bridgehead atoms. The number of aromatic nitrogens is 3. The highest BCUT2D eigenvalue weighted by Crippen LogP contribution is 2.33. The van der Waals surface area contributed by atoms with Gasteiger partial charge in [0.2, 0.25) is 0 Å². The maximum absolute atomic E-state index is 11.1. The van der Waals surface area contributed by atoms with Crippen molar-refractivity contribution in [1.29, 1.82) is 5.26 Å². The summed E-state index contributed by atoms with van der Waals surface area (Å²) in [6.07, 6.45) is 3.11. The average Bonchev–Trinajstić information content (AvgIpc) is 3.56. The van der Waals surface area contributed by atoms with E-state index in [1.807, 2.05) is 39.0 Å². The Bertz CT molecular complexity index is 1120. The van der Waals surface area contributed by atoms with Gasteiger partial charge in [-0.25, -0.2) is 14.8 Å². The molecule has 0 aliphatic carbocycles. The molecule has 4 rings (SSSR count). The Kier molecular flexibility index (Phi) is 14.2. The summed E-state index contributed by atoms with van der Waals surface area (Å²) in [5.74, 6) is 0.574. The van der Waals surface area contributed by atoms with Crippen LogP contribution in [0.15, 0.2) is 48.8 Å². The predicted molar refractivity (Wildman–Crippen MR) is 149 cm³/mol. The van der Waals surface area contributed by atoms with Crippen LogP contribution in [0.4, 0.5) is 5.82 Å². The summed E-state index contributed by atoms with van der Waals surface area (Å²) in [6.45, 7) is 11.9. The Hall–Kier alpha value is -3.29. The molecule has 0 spiro atoms. The Morgan fingerprint density at radius 3 is 2.45 bits per heavy atom. The van der Waals surface area contributed by atoms with Crippen molar-refractivity contribution >= 4 is 26.7 Å². The van der Waals surface area contributed by atoms with Gasteiger partial charge in [-0.05, 0) is 49.4 Å². The van der Waals surface area contributed by atoms with E-state index in [1.54, 1.807) is 35.7 Å². The molecule has 4 atom stereocenters. The number of hydrogen-bond donors (Lipinski definition) is 4. The van der Waals surface area contributed by atoms with Crippen molar-refractivity contribution in [2.75, 3.05) is 18.9 Å². The van der Waals surface area contributed by atoms with E-state index >= 15 is 0 Å². The van der Waals surface area contributed by atoms with Gasteiger partial charge < -0.3 is 25.4 Å². The van der Waals surface area contributed by atoms with Gasteiger partial charge in [0.15, 0.2) is 5.82 Å². The first-order chi connectivity index (χ1) is 18.1. The molecule has 38 heavy (non-hydrogen) atoms. The molecule has 3 heterocycles. The molecular weight excluding hydrogens is 507 g/mol. The molecule has 1 fully saturated rings. The number of aromatic hydroxyl groups is 1. The van der Waals surface area contributed by atoms with Gasteiger partial charge in [0, 0.05) is 6.57 Å². The number of ether oxygens (including phenoxy) is 2. The van der Waals surface area contributed by atoms with Gasteiger partial charge in [0.05, 0.1) is 25.0 Å². The molecule has 0 radical (unpaired) electrons. The highest BCUT2D eigenvalue weighted by Gasteiger charge is 2.28. The number of aliphatic hydroxyl groups is 1. The lowest BCUT2D eigenvalue weighted by molar-refractivity contribution is -0.147. The minimum Gasteiger partial charge on any atom is -0.508 e. The molecule has 3 aromatic rings. The summed E-state index contributed by atoms with van der Waals surface area (Å²) in [4.78, 5) is 15.1. The number of rotatable bonds is 5. The maximum atomic E-state index is 11.1. The van der Waals surface area contributed by atoms with Crippen molar-refractivity contribution in [3.8, 4) is 12.3 Å². The number of nitrogens with zero attached hydrogens (tertiary/aromatic N) is 4. The number of fused-ring (bicyclic) bond motifs is 1. The summed E-state index contributed by atoms with van der Waals surface area (Å²) in [5, 5.41) is 31.1. The van der Waals surface area contributed by atoms with E-state index in [4.69, 9.17) is 30.7 Å². The third-order valence-electron chi connectivity index (χ3n) is 5.16. The fraction of sp³-hybridized carbons (Fsp3) is 0.462. The molecule has 0 amide bonds. The Balaban J connectivity index is 0.000000300. The summed E-state index contributed by atoms with van der Waals surface area (Å²) in [7, 11) is 2.29. The summed E-state index contributed by atoms with van der Waals surface area (Å²) in [6, 6.07) is 12.3. The van der Waals surface area contributed by atoms with E-state index in [0.717, 1.165) is 24.1 Å². The van der Waals surface area contributed by atoms with Gasteiger partial charge in [0.25, 0.3) is 0 Å². The van der Waals surface area contributed by atoms with Crippen LogP contribution in [0.1, 0.15) is 52.3 Å². The molecule has 12 heteroatoms. The van der Waals surface area contributed by atoms with Crippen LogP contribution >= 0.6 is 9.39 Å². The number of benzene rings is 1. The zero-order chi connectivity index (χ0) is 28.7. The van der Waals surface area contributed by atoms with Crippen LogP contribution in [0.2, 0.25) is 0 Å². The monoisotopic (exact) mass is 546 g/mol. The van der Waals surface area contributed by atoms with Gasteiger partial charge in [-0.3, -0.25) is 9.88 Å². The second kappa shape index (κ2) is 16.5. The molecule has 208 valence electrons. The van der Waals surface area contributed by atoms with Gasteiger partial charge in [0.1, 0.15) is 29.7 Å². The number of nitrogens with one attached hydrogen (secondary N) is 1. The van der Waals surface area contributed by atoms with Gasteiger partial charge in [-0.15, -0.1) is 0 Å². The smallest absolute Gasteiger partial charge is 0.323 e. The van der Waals surface area contributed by atoms with E-state index in [9.17, 15) is 4.79 Å². The van der Waals surface area contributed by atoms with Gasteiger partial charge >= 0.3 is 5.97 Å². The minimum atomic E-state index is -0.252. The van der Waals surface area contributed by atoms with Crippen molar-refractivity contribution in [3.63, 3.8) is 0 Å². The van der Waals surface area contributed by atoms with Crippen molar-refractivity contribution in [3.05, 3.63) is 54.5 Å². The SMILES string of the molecule is C#N.CC(NP)C(=O)OCC(C)(C)C.Nc1ncnn2c(C3CCC(CO)O3)ccc12.Oc1ccccc1. The first-order valence-electron chi connectivity index (χ1n) is 12.0. The molecule has 0 saturated carbocycles. The Morgan fingerprint density at radius 1 is 1.29 bits per heavy atom. The van der Waals surface area contributed by atoms with Crippen LogP contribution in [0.3, 0.4) is 0 Å². The number of phenols is 1. The number of nitriles is 1. The number of esters is 1. The summed E-state index contributed by atoms with van der Waals surface area (Å²) in [5.41, 5.74) is 7.56. The average molecular weight is 547 g/mol. The Labute approximate surface area is 226 Å². The number of para-hydroxylation sites is 1. The van der Waals surface area contributed by atoms with E-state index in [-0.39, 0.29) is 36.2 Å². The van der Waals surface area contributed by atoms with E-state index in [1.165, 1.54) is 6.33 Å². The lowest BCUT2D eigenvalue weighted by atomic mass is 9.99. The van der Waals surface area contributed by atoms with Crippen LogP contribution < -0.4 is 10.8 Å². The second-order valence-electron chi connectivity index (χ2n) is 9.60. The number of carbonyl (C=O) groups is 1.